The summed E-state index contributed by atoms with van der Waals surface area (Å²) >= 11 is 0. The molecule has 0 saturated carbocycles. The Kier molecular flexibility index (Phi) is 5.98. The van der Waals surface area contributed by atoms with Crippen molar-refractivity contribution < 1.29 is 17.9 Å². The van der Waals surface area contributed by atoms with E-state index in [4.69, 9.17) is 4.74 Å². The van der Waals surface area contributed by atoms with Gasteiger partial charge in [-0.15, -0.1) is 0 Å². The summed E-state index contributed by atoms with van der Waals surface area (Å²) in [7, 11) is -3.24. The molecule has 1 spiro atoms. The lowest BCUT2D eigenvalue weighted by Gasteiger charge is -2.51. The Morgan fingerprint density at radius 3 is 2.30 bits per heavy atom. The SMILES string of the molecule is CC(C)OC(=O)N1C2CCC1CC(N1CCC3(CC1)CN(S(C)(=O)=O)Cc1ccccc13)C2. The standard InChI is InChI=1S/C25H37N3O4S/c1-18(2)32-24(29)28-20-8-9-21(28)15-22(14-20)26-12-10-25(11-13-26)17-27(33(3,30)31)16-19-6-4-5-7-23(19)25/h4-7,18,20-22H,8-17H2,1-3H3. The first-order valence-electron chi connectivity index (χ1n) is 12.4. The predicted octanol–water partition coefficient (Wildman–Crippen LogP) is 3.34. The number of rotatable bonds is 3. The molecule has 182 valence electrons. The second-order valence-corrected chi connectivity index (χ2v) is 12.8. The quantitative estimate of drug-likeness (QED) is 0.671. The third-order valence-corrected chi connectivity index (χ3v) is 9.61. The molecule has 2 atom stereocenters. The Bertz CT molecular complexity index is 989. The van der Waals surface area contributed by atoms with Crippen molar-refractivity contribution in [2.45, 2.75) is 88.6 Å². The van der Waals surface area contributed by atoms with Gasteiger partial charge >= 0.3 is 6.09 Å². The highest BCUT2D eigenvalue weighted by atomic mass is 32.2. The maximum absolute atomic E-state index is 12.6. The van der Waals surface area contributed by atoms with Gasteiger partial charge in [-0.3, -0.25) is 0 Å². The molecule has 4 aliphatic rings. The Hall–Kier alpha value is -1.64. The van der Waals surface area contributed by atoms with Crippen molar-refractivity contribution in [3.8, 4) is 0 Å². The van der Waals surface area contributed by atoms with Gasteiger partial charge in [0.05, 0.1) is 12.4 Å². The first kappa shape index (κ1) is 23.1. The number of piperidine rings is 2. The van der Waals surface area contributed by atoms with Crippen LogP contribution < -0.4 is 0 Å². The van der Waals surface area contributed by atoms with E-state index in [-0.39, 0.29) is 29.7 Å². The average Bonchev–Trinajstić information content (AvgIpc) is 3.03. The fourth-order valence-electron chi connectivity index (χ4n) is 6.83. The van der Waals surface area contributed by atoms with E-state index < -0.39 is 10.0 Å². The van der Waals surface area contributed by atoms with E-state index >= 15 is 0 Å². The van der Waals surface area contributed by atoms with Gasteiger partial charge in [-0.05, 0) is 76.6 Å². The molecule has 1 aromatic carbocycles. The van der Waals surface area contributed by atoms with Gasteiger partial charge in [-0.25, -0.2) is 13.2 Å². The predicted molar refractivity (Wildman–Crippen MR) is 127 cm³/mol. The number of benzene rings is 1. The smallest absolute Gasteiger partial charge is 0.410 e. The van der Waals surface area contributed by atoms with Gasteiger partial charge in [-0.2, -0.15) is 4.31 Å². The zero-order chi connectivity index (χ0) is 23.4. The van der Waals surface area contributed by atoms with Crippen LogP contribution in [0.3, 0.4) is 0 Å². The molecule has 5 rings (SSSR count). The van der Waals surface area contributed by atoms with Crippen molar-refractivity contribution in [3.63, 3.8) is 0 Å². The van der Waals surface area contributed by atoms with E-state index in [2.05, 4.69) is 23.1 Å². The van der Waals surface area contributed by atoms with Crippen molar-refractivity contribution in [1.29, 1.82) is 0 Å². The molecule has 0 N–H and O–H groups in total. The lowest BCUT2D eigenvalue weighted by Crippen LogP contribution is -2.57. The number of likely N-dealkylation sites (tertiary alicyclic amines) is 1. The Morgan fingerprint density at radius 1 is 1.06 bits per heavy atom. The molecule has 7 nitrogen and oxygen atoms in total. The van der Waals surface area contributed by atoms with E-state index in [1.807, 2.05) is 24.8 Å². The minimum absolute atomic E-state index is 0.0854. The van der Waals surface area contributed by atoms with Gasteiger partial charge < -0.3 is 14.5 Å². The number of fused-ring (bicyclic) bond motifs is 4. The lowest BCUT2D eigenvalue weighted by molar-refractivity contribution is 0.0144. The molecular formula is C25H37N3O4S. The fourth-order valence-corrected chi connectivity index (χ4v) is 7.69. The highest BCUT2D eigenvalue weighted by Crippen LogP contribution is 2.45. The normalized spacial score (nSPS) is 29.9. The minimum atomic E-state index is -3.24. The van der Waals surface area contributed by atoms with Crippen molar-refractivity contribution in [1.82, 2.24) is 14.1 Å². The topological polar surface area (TPSA) is 70.2 Å². The van der Waals surface area contributed by atoms with E-state index in [1.54, 1.807) is 4.31 Å². The molecule has 1 amide bonds. The van der Waals surface area contributed by atoms with Crippen LogP contribution in [0.5, 0.6) is 0 Å². The minimum Gasteiger partial charge on any atom is -0.447 e. The van der Waals surface area contributed by atoms with Crippen LogP contribution in [0.2, 0.25) is 0 Å². The summed E-state index contributed by atoms with van der Waals surface area (Å²) in [6.45, 7) is 6.84. The highest BCUT2D eigenvalue weighted by Gasteiger charge is 2.48. The van der Waals surface area contributed by atoms with Gasteiger partial charge in [0.25, 0.3) is 0 Å². The largest absolute Gasteiger partial charge is 0.447 e. The third-order valence-electron chi connectivity index (χ3n) is 8.41. The van der Waals surface area contributed by atoms with Crippen LogP contribution in [0, 0.1) is 0 Å². The number of carbonyl (C=O) groups is 1. The average molecular weight is 476 g/mol. The third kappa shape index (κ3) is 4.30. The van der Waals surface area contributed by atoms with Crippen LogP contribution in [-0.4, -0.2) is 78.7 Å². The Balaban J connectivity index is 1.29. The molecule has 3 fully saturated rings. The van der Waals surface area contributed by atoms with Crippen molar-refractivity contribution in [3.05, 3.63) is 35.4 Å². The van der Waals surface area contributed by atoms with Crippen LogP contribution in [0.1, 0.15) is 63.5 Å². The van der Waals surface area contributed by atoms with E-state index in [1.165, 1.54) is 11.8 Å². The number of hydrogen-bond acceptors (Lipinski definition) is 5. The fraction of sp³-hybridized carbons (Fsp3) is 0.720. The number of sulfonamides is 1. The molecule has 0 aliphatic carbocycles. The monoisotopic (exact) mass is 475 g/mol. The number of amides is 1. The molecule has 3 saturated heterocycles. The van der Waals surface area contributed by atoms with Crippen molar-refractivity contribution in [2.75, 3.05) is 25.9 Å². The maximum atomic E-state index is 12.6. The van der Waals surface area contributed by atoms with Crippen LogP contribution in [0.25, 0.3) is 0 Å². The van der Waals surface area contributed by atoms with Crippen LogP contribution in [-0.2, 0) is 26.7 Å². The number of hydrogen-bond donors (Lipinski definition) is 0. The zero-order valence-electron chi connectivity index (χ0n) is 20.1. The van der Waals surface area contributed by atoms with Gasteiger partial charge in [-0.1, -0.05) is 24.3 Å². The molecule has 2 unspecified atom stereocenters. The lowest BCUT2D eigenvalue weighted by atomic mass is 9.69. The Labute approximate surface area is 198 Å². The molecule has 4 heterocycles. The summed E-state index contributed by atoms with van der Waals surface area (Å²) in [5, 5.41) is 0. The Morgan fingerprint density at radius 2 is 1.70 bits per heavy atom. The summed E-state index contributed by atoms with van der Waals surface area (Å²) in [5.74, 6) is 0. The summed E-state index contributed by atoms with van der Waals surface area (Å²) in [4.78, 5) is 17.3. The molecule has 2 bridgehead atoms. The second kappa shape index (κ2) is 8.54. The molecular weight excluding hydrogens is 438 g/mol. The van der Waals surface area contributed by atoms with E-state index in [0.717, 1.165) is 57.2 Å². The molecule has 1 aromatic rings. The van der Waals surface area contributed by atoms with Crippen molar-refractivity contribution >= 4 is 16.1 Å². The molecule has 4 aliphatic heterocycles. The summed E-state index contributed by atoms with van der Waals surface area (Å²) in [5.41, 5.74) is 2.39. The molecule has 8 heteroatoms. The highest BCUT2D eigenvalue weighted by molar-refractivity contribution is 7.88. The number of ether oxygens (including phenoxy) is 1. The van der Waals surface area contributed by atoms with E-state index in [9.17, 15) is 13.2 Å². The summed E-state index contributed by atoms with van der Waals surface area (Å²) in [6, 6.07) is 9.47. The second-order valence-electron chi connectivity index (χ2n) is 10.9. The van der Waals surface area contributed by atoms with Gasteiger partial charge in [0, 0.05) is 36.6 Å². The van der Waals surface area contributed by atoms with Crippen molar-refractivity contribution in [2.24, 2.45) is 0 Å². The van der Waals surface area contributed by atoms with Crippen LogP contribution in [0.4, 0.5) is 4.79 Å². The first-order chi connectivity index (χ1) is 15.7. The van der Waals surface area contributed by atoms with E-state index in [0.29, 0.717) is 19.1 Å². The van der Waals surface area contributed by atoms with Gasteiger partial charge in [0.2, 0.25) is 10.0 Å². The molecule has 0 radical (unpaired) electrons. The van der Waals surface area contributed by atoms with Crippen LogP contribution in [0.15, 0.2) is 24.3 Å². The zero-order valence-corrected chi connectivity index (χ0v) is 20.9. The number of carbonyl (C=O) groups excluding carboxylic acids is 1. The molecule has 33 heavy (non-hydrogen) atoms. The van der Waals surface area contributed by atoms with Gasteiger partial charge in [0.15, 0.2) is 0 Å². The maximum Gasteiger partial charge on any atom is 0.410 e. The molecule has 0 aromatic heterocycles. The summed E-state index contributed by atoms with van der Waals surface area (Å²) < 4.78 is 32.1. The van der Waals surface area contributed by atoms with Gasteiger partial charge in [0.1, 0.15) is 0 Å². The number of nitrogens with zero attached hydrogens (tertiary/aromatic N) is 3. The summed E-state index contributed by atoms with van der Waals surface area (Å²) in [6.07, 6.45) is 7.22. The first-order valence-corrected chi connectivity index (χ1v) is 14.3. The van der Waals surface area contributed by atoms with Crippen LogP contribution >= 0.6 is 0 Å².